The van der Waals surface area contributed by atoms with Gasteiger partial charge in [-0.05, 0) is 23.7 Å². The highest BCUT2D eigenvalue weighted by atomic mass is 35.5. The van der Waals surface area contributed by atoms with Crippen LogP contribution in [-0.2, 0) is 0 Å². The molecule has 0 amide bonds. The summed E-state index contributed by atoms with van der Waals surface area (Å²) in [5.41, 5.74) is -0.576. The summed E-state index contributed by atoms with van der Waals surface area (Å²) in [4.78, 5) is 36.7. The van der Waals surface area contributed by atoms with E-state index in [9.17, 15) is 25.0 Å². The second-order valence-electron chi connectivity index (χ2n) is 6.30. The fourth-order valence-corrected chi connectivity index (χ4v) is 3.49. The van der Waals surface area contributed by atoms with Gasteiger partial charge < -0.3 is 14.5 Å². The summed E-state index contributed by atoms with van der Waals surface area (Å²) in [6.07, 6.45) is 0. The maximum Gasteiger partial charge on any atom is 0.300 e. The molecule has 0 saturated carbocycles. The van der Waals surface area contributed by atoms with Crippen molar-refractivity contribution in [2.75, 3.05) is 43.1 Å². The van der Waals surface area contributed by atoms with E-state index in [1.807, 2.05) is 29.2 Å². The number of hydrogen-bond acceptors (Lipinski definition) is 8. The average Bonchev–Trinajstić information content (AvgIpc) is 2.72. The number of benzene rings is 2. The lowest BCUT2D eigenvalue weighted by atomic mass is 10.1. The Morgan fingerprint density at radius 2 is 1.52 bits per heavy atom. The highest BCUT2D eigenvalue weighted by molar-refractivity contribution is 6.67. The maximum atomic E-state index is 11.6. The Kier molecular flexibility index (Phi) is 5.83. The summed E-state index contributed by atoms with van der Waals surface area (Å²) < 4.78 is 5.37. The van der Waals surface area contributed by atoms with Crippen LogP contribution in [0.2, 0.25) is 0 Å². The molecule has 3 rings (SSSR count). The first-order valence-electron chi connectivity index (χ1n) is 8.63. The zero-order valence-corrected chi connectivity index (χ0v) is 16.2. The predicted molar refractivity (Wildman–Crippen MR) is 107 cm³/mol. The van der Waals surface area contributed by atoms with Crippen molar-refractivity contribution in [1.82, 2.24) is 0 Å². The predicted octanol–water partition coefficient (Wildman–Crippen LogP) is 3.22. The highest BCUT2D eigenvalue weighted by Crippen LogP contribution is 2.40. The number of ether oxygens (including phenoxy) is 1. The number of rotatable bonds is 6. The summed E-state index contributed by atoms with van der Waals surface area (Å²) in [6, 6.07) is 9.42. The Balaban J connectivity index is 1.95. The monoisotopic (exact) mass is 420 g/mol. The van der Waals surface area contributed by atoms with Crippen molar-refractivity contribution in [3.63, 3.8) is 0 Å². The van der Waals surface area contributed by atoms with Crippen molar-refractivity contribution in [3.8, 4) is 5.75 Å². The van der Waals surface area contributed by atoms with Crippen LogP contribution in [0, 0.1) is 20.2 Å². The fourth-order valence-electron chi connectivity index (χ4n) is 3.38. The number of para-hydroxylation sites is 2. The van der Waals surface area contributed by atoms with Gasteiger partial charge in [-0.3, -0.25) is 25.0 Å². The molecule has 2 aromatic carbocycles. The quantitative estimate of drug-likeness (QED) is 0.397. The zero-order chi connectivity index (χ0) is 21.1. The van der Waals surface area contributed by atoms with Crippen molar-refractivity contribution in [2.45, 2.75) is 0 Å². The first-order chi connectivity index (χ1) is 13.8. The molecule has 0 aromatic heterocycles. The number of methoxy groups -OCH3 is 1. The largest absolute Gasteiger partial charge is 0.495 e. The van der Waals surface area contributed by atoms with E-state index in [1.54, 1.807) is 12.0 Å². The molecular weight excluding hydrogens is 404 g/mol. The van der Waals surface area contributed by atoms with Crippen LogP contribution in [0.15, 0.2) is 36.4 Å². The minimum atomic E-state index is -0.997. The molecule has 1 aliphatic heterocycles. The first-order valence-corrected chi connectivity index (χ1v) is 9.01. The summed E-state index contributed by atoms with van der Waals surface area (Å²) in [5.74, 6) is 0.697. The maximum absolute atomic E-state index is 11.6. The van der Waals surface area contributed by atoms with Crippen molar-refractivity contribution in [2.24, 2.45) is 0 Å². The molecule has 1 aliphatic rings. The number of nitro benzene ring substituents is 2. The van der Waals surface area contributed by atoms with Crippen LogP contribution in [0.4, 0.5) is 22.7 Å². The Labute approximate surface area is 170 Å². The van der Waals surface area contributed by atoms with E-state index in [4.69, 9.17) is 16.3 Å². The molecule has 0 bridgehead atoms. The summed E-state index contributed by atoms with van der Waals surface area (Å²) in [7, 11) is 1.57. The molecule has 11 heteroatoms. The SMILES string of the molecule is COc1ccccc1N1CCN(c2c([N+](=O)[O-])cc(C(=O)Cl)cc2[N+](=O)[O-])CC1. The van der Waals surface area contributed by atoms with Crippen molar-refractivity contribution < 1.29 is 19.4 Å². The lowest BCUT2D eigenvalue weighted by Crippen LogP contribution is -2.47. The van der Waals surface area contributed by atoms with Crippen LogP contribution < -0.4 is 14.5 Å². The van der Waals surface area contributed by atoms with Crippen LogP contribution in [0.25, 0.3) is 0 Å². The Bertz CT molecular complexity index is 940. The highest BCUT2D eigenvalue weighted by Gasteiger charge is 2.34. The van der Waals surface area contributed by atoms with E-state index in [-0.39, 0.29) is 11.3 Å². The minimum Gasteiger partial charge on any atom is -0.495 e. The second kappa shape index (κ2) is 8.31. The van der Waals surface area contributed by atoms with Gasteiger partial charge in [-0.15, -0.1) is 0 Å². The number of nitrogens with zero attached hydrogens (tertiary/aromatic N) is 4. The van der Waals surface area contributed by atoms with Gasteiger partial charge in [0.1, 0.15) is 5.75 Å². The van der Waals surface area contributed by atoms with Crippen LogP contribution in [0.5, 0.6) is 5.75 Å². The molecule has 0 spiro atoms. The molecule has 1 heterocycles. The van der Waals surface area contributed by atoms with Gasteiger partial charge in [-0.25, -0.2) is 0 Å². The van der Waals surface area contributed by atoms with Gasteiger partial charge in [0.25, 0.3) is 16.6 Å². The smallest absolute Gasteiger partial charge is 0.300 e. The van der Waals surface area contributed by atoms with Gasteiger partial charge in [0, 0.05) is 43.9 Å². The fraction of sp³-hybridized carbons (Fsp3) is 0.278. The molecule has 29 heavy (non-hydrogen) atoms. The Hall–Kier alpha value is -3.40. The molecule has 0 aliphatic carbocycles. The van der Waals surface area contributed by atoms with Gasteiger partial charge in [-0.1, -0.05) is 12.1 Å². The molecule has 2 aromatic rings. The average molecular weight is 421 g/mol. The molecule has 10 nitrogen and oxygen atoms in total. The van der Waals surface area contributed by atoms with Crippen LogP contribution >= 0.6 is 11.6 Å². The van der Waals surface area contributed by atoms with E-state index < -0.39 is 26.5 Å². The second-order valence-corrected chi connectivity index (χ2v) is 6.64. The number of hydrogen-bond donors (Lipinski definition) is 0. The molecular formula is C18H17ClN4O6. The van der Waals surface area contributed by atoms with E-state index in [0.29, 0.717) is 31.9 Å². The van der Waals surface area contributed by atoms with Gasteiger partial charge in [0.2, 0.25) is 0 Å². The van der Waals surface area contributed by atoms with Crippen LogP contribution in [0.1, 0.15) is 10.4 Å². The third-order valence-corrected chi connectivity index (χ3v) is 4.93. The minimum absolute atomic E-state index is 0.124. The molecule has 0 radical (unpaired) electrons. The van der Waals surface area contributed by atoms with E-state index >= 15 is 0 Å². The number of piperazine rings is 1. The van der Waals surface area contributed by atoms with E-state index in [1.165, 1.54) is 0 Å². The zero-order valence-electron chi connectivity index (χ0n) is 15.4. The normalized spacial score (nSPS) is 13.9. The van der Waals surface area contributed by atoms with Crippen LogP contribution in [-0.4, -0.2) is 48.4 Å². The summed E-state index contributed by atoms with van der Waals surface area (Å²) in [5, 5.41) is 22.1. The summed E-state index contributed by atoms with van der Waals surface area (Å²) >= 11 is 5.39. The number of halogens is 1. The van der Waals surface area contributed by atoms with E-state index in [2.05, 4.69) is 0 Å². The topological polar surface area (TPSA) is 119 Å². The molecule has 0 unspecified atom stereocenters. The van der Waals surface area contributed by atoms with Gasteiger partial charge >= 0.3 is 0 Å². The van der Waals surface area contributed by atoms with Crippen LogP contribution in [0.3, 0.4) is 0 Å². The molecule has 1 fully saturated rings. The Morgan fingerprint density at radius 1 is 1.00 bits per heavy atom. The molecule has 152 valence electrons. The summed E-state index contributed by atoms with van der Waals surface area (Å²) in [6.45, 7) is 1.58. The number of carbonyl (C=O) groups is 1. The number of carbonyl (C=O) groups excluding carboxylic acids is 1. The first kappa shape index (κ1) is 20.3. The standard InChI is InChI=1S/C18H17ClN4O6/c1-29-16-5-3-2-4-13(16)20-6-8-21(9-7-20)17-14(22(25)26)10-12(18(19)24)11-15(17)23(27)28/h2-5,10-11H,6-9H2,1H3. The lowest BCUT2D eigenvalue weighted by molar-refractivity contribution is -0.392. The van der Waals surface area contributed by atoms with Gasteiger partial charge in [0.05, 0.1) is 22.6 Å². The van der Waals surface area contributed by atoms with Crippen molar-refractivity contribution >= 4 is 39.6 Å². The van der Waals surface area contributed by atoms with Crippen molar-refractivity contribution in [3.05, 3.63) is 62.2 Å². The number of anilines is 2. The third kappa shape index (κ3) is 4.06. The molecule has 0 atom stereocenters. The third-order valence-electron chi connectivity index (χ3n) is 4.71. The van der Waals surface area contributed by atoms with Crippen molar-refractivity contribution in [1.29, 1.82) is 0 Å². The molecule has 0 N–H and O–H groups in total. The molecule has 1 saturated heterocycles. The lowest BCUT2D eigenvalue weighted by Gasteiger charge is -2.37. The van der Waals surface area contributed by atoms with Gasteiger partial charge in [-0.2, -0.15) is 0 Å². The van der Waals surface area contributed by atoms with Gasteiger partial charge in [0.15, 0.2) is 5.69 Å². The Morgan fingerprint density at radius 3 is 2.00 bits per heavy atom. The number of nitro groups is 2. The van der Waals surface area contributed by atoms with E-state index in [0.717, 1.165) is 17.8 Å².